The van der Waals surface area contributed by atoms with Crippen LogP contribution in [0.1, 0.15) is 17.2 Å². The molecule has 0 spiro atoms. The topological polar surface area (TPSA) is 66.7 Å². The highest BCUT2D eigenvalue weighted by Crippen LogP contribution is 2.30. The summed E-state index contributed by atoms with van der Waals surface area (Å²) >= 11 is 1.71. The predicted octanol–water partition coefficient (Wildman–Crippen LogP) is 2.88. The van der Waals surface area contributed by atoms with Crippen molar-refractivity contribution in [1.82, 2.24) is 14.7 Å². The van der Waals surface area contributed by atoms with Crippen LogP contribution >= 0.6 is 24.4 Å². The van der Waals surface area contributed by atoms with Crippen molar-refractivity contribution in [3.05, 3.63) is 59.6 Å². The van der Waals surface area contributed by atoms with Gasteiger partial charge in [0.2, 0.25) is 0 Å². The molecule has 6 heteroatoms. The zero-order chi connectivity index (χ0) is 13.1. The van der Waals surface area contributed by atoms with Gasteiger partial charge in [0.05, 0.1) is 6.20 Å². The van der Waals surface area contributed by atoms with Crippen LogP contribution in [0.3, 0.4) is 0 Å². The number of halogens is 1. The van der Waals surface area contributed by atoms with Gasteiger partial charge < -0.3 is 15.4 Å². The highest BCUT2D eigenvalue weighted by Gasteiger charge is 2.21. The number of rotatable bonds is 4. The lowest BCUT2D eigenvalue weighted by molar-refractivity contribution is 0.742. The summed E-state index contributed by atoms with van der Waals surface area (Å²) in [4.78, 5) is 7.26. The van der Waals surface area contributed by atoms with Crippen LogP contribution in [0.15, 0.2) is 48.3 Å². The number of nitrogens with two attached hydrogens (primary N) is 1. The lowest BCUT2D eigenvalue weighted by Gasteiger charge is -2.17. The van der Waals surface area contributed by atoms with Crippen LogP contribution in [0.2, 0.25) is 0 Å². The molecule has 20 heavy (non-hydrogen) atoms. The summed E-state index contributed by atoms with van der Waals surface area (Å²) in [5.74, 6) is 1.73. The van der Waals surface area contributed by atoms with Gasteiger partial charge in [-0.15, -0.1) is 12.4 Å². The monoisotopic (exact) mass is 308 g/mol. The predicted molar refractivity (Wildman–Crippen MR) is 86.8 cm³/mol. The molecular weight excluding hydrogens is 292 g/mol. The van der Waals surface area contributed by atoms with Crippen molar-refractivity contribution in [3.63, 3.8) is 0 Å². The van der Waals surface area contributed by atoms with Crippen LogP contribution < -0.4 is 10.5 Å². The lowest BCUT2D eigenvalue weighted by Crippen LogP contribution is -2.13. The maximum atomic E-state index is 5.70. The summed E-state index contributed by atoms with van der Waals surface area (Å²) in [5, 5.41) is 0. The van der Waals surface area contributed by atoms with Crippen molar-refractivity contribution in [2.24, 2.45) is 0 Å². The molecule has 2 heterocycles. The molecule has 0 fully saturated rings. The molecule has 1 aliphatic rings. The molecule has 0 saturated carbocycles. The number of nitrogens with one attached hydrogen (secondary N) is 2. The van der Waals surface area contributed by atoms with Crippen molar-refractivity contribution in [2.75, 3.05) is 11.5 Å². The summed E-state index contributed by atoms with van der Waals surface area (Å²) in [6.45, 7) is 0. The molecule has 2 aromatic rings. The fraction of sp³-hybridized carbons (Fsp3) is 0.214. The standard InChI is InChI=1S/C14H16N4S.ClH/c15-14-16-9-13(17-14)11(12-6-7-19-18-12)8-10-4-2-1-3-5-10;/h1-6,9,11,18H,7-8H2,(H3,15,16,17);1H. The highest BCUT2D eigenvalue weighted by atomic mass is 35.5. The van der Waals surface area contributed by atoms with E-state index < -0.39 is 0 Å². The van der Waals surface area contributed by atoms with Gasteiger partial charge in [-0.1, -0.05) is 36.4 Å². The number of aromatic nitrogens is 2. The first-order valence-electron chi connectivity index (χ1n) is 6.25. The Bertz CT molecular complexity index is 582. The van der Waals surface area contributed by atoms with Crippen molar-refractivity contribution in [1.29, 1.82) is 0 Å². The molecule has 0 amide bonds. The number of nitrogen functional groups attached to an aromatic ring is 1. The number of anilines is 1. The third kappa shape index (κ3) is 3.29. The first kappa shape index (κ1) is 14.8. The Balaban J connectivity index is 0.00000147. The summed E-state index contributed by atoms with van der Waals surface area (Å²) in [5.41, 5.74) is 9.29. The second kappa shape index (κ2) is 6.72. The van der Waals surface area contributed by atoms with Crippen molar-refractivity contribution in [2.45, 2.75) is 12.3 Å². The average molecular weight is 309 g/mol. The zero-order valence-electron chi connectivity index (χ0n) is 10.9. The van der Waals surface area contributed by atoms with Crippen molar-refractivity contribution < 1.29 is 0 Å². The maximum absolute atomic E-state index is 5.70. The molecule has 1 unspecified atom stereocenters. The van der Waals surface area contributed by atoms with Crippen LogP contribution in [0, 0.1) is 0 Å². The van der Waals surface area contributed by atoms with E-state index in [9.17, 15) is 0 Å². The first-order valence-corrected chi connectivity index (χ1v) is 7.23. The van der Waals surface area contributed by atoms with Gasteiger partial charge in [-0.2, -0.15) is 0 Å². The van der Waals surface area contributed by atoms with Gasteiger partial charge in [0.25, 0.3) is 0 Å². The van der Waals surface area contributed by atoms with Gasteiger partial charge in [-0.25, -0.2) is 4.98 Å². The van der Waals surface area contributed by atoms with E-state index in [1.807, 2.05) is 12.3 Å². The molecule has 0 bridgehead atoms. The van der Waals surface area contributed by atoms with E-state index in [2.05, 4.69) is 45.0 Å². The Morgan fingerprint density at radius 3 is 2.70 bits per heavy atom. The number of H-pyrrole nitrogens is 1. The smallest absolute Gasteiger partial charge is 0.197 e. The van der Waals surface area contributed by atoms with Gasteiger partial charge >= 0.3 is 0 Å². The van der Waals surface area contributed by atoms with E-state index in [0.29, 0.717) is 5.95 Å². The Labute approximate surface area is 128 Å². The number of hydrogen-bond donors (Lipinski definition) is 3. The summed E-state index contributed by atoms with van der Waals surface area (Å²) in [7, 11) is 0. The van der Waals surface area contributed by atoms with Crippen molar-refractivity contribution >= 4 is 30.3 Å². The van der Waals surface area contributed by atoms with Crippen molar-refractivity contribution in [3.8, 4) is 0 Å². The van der Waals surface area contributed by atoms with Gasteiger partial charge in [-0.05, 0) is 23.9 Å². The summed E-state index contributed by atoms with van der Waals surface area (Å²) in [6, 6.07) is 10.5. The average Bonchev–Trinajstić information content (AvgIpc) is 3.09. The molecule has 1 aromatic heterocycles. The second-order valence-corrected chi connectivity index (χ2v) is 5.36. The second-order valence-electron chi connectivity index (χ2n) is 4.54. The van der Waals surface area contributed by atoms with E-state index >= 15 is 0 Å². The van der Waals surface area contributed by atoms with Gasteiger partial charge in [0.15, 0.2) is 5.95 Å². The molecule has 4 nitrogen and oxygen atoms in total. The molecule has 0 radical (unpaired) electrons. The van der Waals surface area contributed by atoms with Crippen LogP contribution in [0.25, 0.3) is 0 Å². The number of hydrogen-bond acceptors (Lipinski definition) is 4. The maximum Gasteiger partial charge on any atom is 0.197 e. The lowest BCUT2D eigenvalue weighted by atomic mass is 9.93. The van der Waals surface area contributed by atoms with E-state index in [0.717, 1.165) is 17.9 Å². The molecule has 1 aliphatic heterocycles. The van der Waals surface area contributed by atoms with Crippen LogP contribution in [0.5, 0.6) is 0 Å². The number of allylic oxidation sites excluding steroid dienone is 1. The Morgan fingerprint density at radius 1 is 1.30 bits per heavy atom. The molecule has 1 atom stereocenters. The van der Waals surface area contributed by atoms with E-state index in [1.54, 1.807) is 11.9 Å². The normalized spacial score (nSPS) is 15.1. The van der Waals surface area contributed by atoms with Crippen LogP contribution in [0.4, 0.5) is 5.95 Å². The molecule has 4 N–H and O–H groups in total. The molecule has 106 valence electrons. The minimum absolute atomic E-state index is 0. The summed E-state index contributed by atoms with van der Waals surface area (Å²) < 4.78 is 3.37. The largest absolute Gasteiger partial charge is 0.369 e. The van der Waals surface area contributed by atoms with E-state index in [4.69, 9.17) is 5.73 Å². The third-order valence-electron chi connectivity index (χ3n) is 3.23. The number of benzene rings is 1. The van der Waals surface area contributed by atoms with Crippen LogP contribution in [-0.2, 0) is 6.42 Å². The number of nitrogens with zero attached hydrogens (tertiary/aromatic N) is 1. The molecular formula is C14H17ClN4S. The Hall–Kier alpha value is -1.59. The van der Waals surface area contributed by atoms with E-state index in [1.165, 1.54) is 11.3 Å². The van der Waals surface area contributed by atoms with E-state index in [-0.39, 0.29) is 18.3 Å². The Morgan fingerprint density at radius 2 is 2.10 bits per heavy atom. The zero-order valence-corrected chi connectivity index (χ0v) is 12.5. The SMILES string of the molecule is Cl.Nc1ncc(C(Cc2ccccc2)C2=CCSN2)[nH]1. The Kier molecular flexibility index (Phi) is 4.98. The fourth-order valence-corrected chi connectivity index (χ4v) is 3.02. The fourth-order valence-electron chi connectivity index (χ4n) is 2.28. The first-order chi connectivity index (χ1) is 9.33. The number of aromatic amines is 1. The van der Waals surface area contributed by atoms with Gasteiger partial charge in [0, 0.05) is 23.1 Å². The van der Waals surface area contributed by atoms with Crippen LogP contribution in [-0.4, -0.2) is 15.7 Å². The third-order valence-corrected chi connectivity index (χ3v) is 3.94. The summed E-state index contributed by atoms with van der Waals surface area (Å²) in [6.07, 6.45) is 4.99. The molecule has 0 saturated heterocycles. The quantitative estimate of drug-likeness (QED) is 0.760. The molecule has 0 aliphatic carbocycles. The molecule has 1 aromatic carbocycles. The minimum Gasteiger partial charge on any atom is -0.369 e. The number of imidazole rings is 1. The minimum atomic E-state index is 0. The molecule has 3 rings (SSSR count). The van der Waals surface area contributed by atoms with Gasteiger partial charge in [-0.3, -0.25) is 0 Å². The highest BCUT2D eigenvalue weighted by molar-refractivity contribution is 7.97. The van der Waals surface area contributed by atoms with Gasteiger partial charge in [0.1, 0.15) is 0 Å².